The fourth-order valence-electron chi connectivity index (χ4n) is 11.1. The fraction of sp³-hybridized carbons (Fsp3) is 0.929. The van der Waals surface area contributed by atoms with E-state index in [4.69, 9.17) is 0 Å². The van der Waals surface area contributed by atoms with E-state index < -0.39 is 0 Å². The molecule has 2 nitrogen and oxygen atoms in total. The topological polar surface area (TPSA) is 34.1 Å². The summed E-state index contributed by atoms with van der Waals surface area (Å²) in [6, 6.07) is 0. The first-order valence-electron chi connectivity index (χ1n) is 13.8. The molecule has 164 valence electrons. The second kappa shape index (κ2) is 6.92. The molecule has 30 heavy (non-hydrogen) atoms. The Morgan fingerprint density at radius 1 is 0.467 bits per heavy atom. The summed E-state index contributed by atoms with van der Waals surface area (Å²) in [5, 5.41) is 0. The van der Waals surface area contributed by atoms with Crippen molar-refractivity contribution < 1.29 is 9.59 Å². The molecule has 0 spiro atoms. The monoisotopic (exact) mass is 408 g/mol. The minimum absolute atomic E-state index is 0.257. The highest BCUT2D eigenvalue weighted by molar-refractivity contribution is 5.91. The quantitative estimate of drug-likeness (QED) is 0.487. The molecule has 0 aromatic rings. The molecular weight excluding hydrogens is 368 g/mol. The van der Waals surface area contributed by atoms with Gasteiger partial charge >= 0.3 is 0 Å². The maximum Gasteiger partial charge on any atom is 0.139 e. The summed E-state index contributed by atoms with van der Waals surface area (Å²) >= 11 is 0. The number of rotatable bonds is 0. The van der Waals surface area contributed by atoms with Crippen LogP contribution in [0, 0.1) is 71.0 Å². The van der Waals surface area contributed by atoms with Gasteiger partial charge in [0.25, 0.3) is 0 Å². The van der Waals surface area contributed by atoms with Gasteiger partial charge in [0.05, 0.1) is 0 Å². The minimum Gasteiger partial charge on any atom is -0.299 e. The van der Waals surface area contributed by atoms with Gasteiger partial charge in [0, 0.05) is 23.7 Å². The molecule has 0 heterocycles. The molecule has 12 atom stereocenters. The SMILES string of the molecule is O=C1C2CCCCC2C2CC3C(CC12)C(=O)C1C3CCC2CCC3CCCCC3C21. The van der Waals surface area contributed by atoms with Crippen molar-refractivity contribution in [2.75, 3.05) is 0 Å². The molecule has 7 aliphatic carbocycles. The molecule has 0 aromatic carbocycles. The van der Waals surface area contributed by atoms with Crippen molar-refractivity contribution in [3.8, 4) is 0 Å². The summed E-state index contributed by atoms with van der Waals surface area (Å²) in [5.74, 6) is 8.53. The van der Waals surface area contributed by atoms with E-state index in [-0.39, 0.29) is 11.8 Å². The van der Waals surface area contributed by atoms with Crippen molar-refractivity contribution in [1.29, 1.82) is 0 Å². The lowest BCUT2D eigenvalue weighted by atomic mass is 9.52. The molecule has 7 fully saturated rings. The molecule has 7 saturated carbocycles. The third-order valence-electron chi connectivity index (χ3n) is 12.1. The standard InChI is InChI=1S/C28H40O2/c29-27-20-8-4-3-7-18(20)21-13-22-19-12-11-16-10-9-15-5-1-2-6-17(15)25(16)26(19)28(30)24(22)14-23(21)27/h15-26H,1-14H2. The van der Waals surface area contributed by atoms with Gasteiger partial charge in [0.2, 0.25) is 0 Å². The zero-order chi connectivity index (χ0) is 20.0. The van der Waals surface area contributed by atoms with Gasteiger partial charge in [-0.2, -0.15) is 0 Å². The fourth-order valence-corrected chi connectivity index (χ4v) is 11.1. The molecule has 12 unspecified atom stereocenters. The predicted molar refractivity (Wildman–Crippen MR) is 117 cm³/mol. The van der Waals surface area contributed by atoms with E-state index in [0.29, 0.717) is 47.1 Å². The summed E-state index contributed by atoms with van der Waals surface area (Å²) in [6.45, 7) is 0. The van der Waals surface area contributed by atoms with Gasteiger partial charge in [-0.15, -0.1) is 0 Å². The van der Waals surface area contributed by atoms with E-state index in [2.05, 4.69) is 0 Å². The van der Waals surface area contributed by atoms with Gasteiger partial charge in [0.15, 0.2) is 0 Å². The van der Waals surface area contributed by atoms with Crippen LogP contribution in [0.25, 0.3) is 0 Å². The molecule has 0 saturated heterocycles. The van der Waals surface area contributed by atoms with Crippen LogP contribution in [0.5, 0.6) is 0 Å². The summed E-state index contributed by atoms with van der Waals surface area (Å²) in [4.78, 5) is 27.3. The zero-order valence-electron chi connectivity index (χ0n) is 18.6. The van der Waals surface area contributed by atoms with Crippen molar-refractivity contribution in [2.24, 2.45) is 71.0 Å². The number of carbonyl (C=O) groups is 2. The lowest BCUT2D eigenvalue weighted by Gasteiger charge is -2.52. The lowest BCUT2D eigenvalue weighted by Crippen LogP contribution is -2.46. The highest BCUT2D eigenvalue weighted by atomic mass is 16.1. The Bertz CT molecular complexity index is 741. The van der Waals surface area contributed by atoms with E-state index in [9.17, 15) is 9.59 Å². The Kier molecular flexibility index (Phi) is 4.35. The summed E-state index contributed by atoms with van der Waals surface area (Å²) < 4.78 is 0. The largest absolute Gasteiger partial charge is 0.299 e. The second-order valence-electron chi connectivity index (χ2n) is 12.8. The Morgan fingerprint density at radius 3 is 2.03 bits per heavy atom. The van der Waals surface area contributed by atoms with Crippen molar-refractivity contribution in [3.05, 3.63) is 0 Å². The van der Waals surface area contributed by atoms with E-state index in [1.54, 1.807) is 0 Å². The lowest BCUT2D eigenvalue weighted by molar-refractivity contribution is -0.133. The van der Waals surface area contributed by atoms with Crippen LogP contribution in [0.15, 0.2) is 0 Å². The third-order valence-corrected chi connectivity index (χ3v) is 12.1. The van der Waals surface area contributed by atoms with E-state index >= 15 is 0 Å². The molecule has 0 aliphatic heterocycles. The summed E-state index contributed by atoms with van der Waals surface area (Å²) in [5.41, 5.74) is 0. The number of fused-ring (bicyclic) bond motifs is 10. The highest BCUT2D eigenvalue weighted by Crippen LogP contribution is 2.65. The van der Waals surface area contributed by atoms with Gasteiger partial charge < -0.3 is 0 Å². The number of carbonyl (C=O) groups excluding carboxylic acids is 2. The molecule has 0 bridgehead atoms. The first kappa shape index (κ1) is 18.9. The van der Waals surface area contributed by atoms with Crippen molar-refractivity contribution >= 4 is 11.6 Å². The van der Waals surface area contributed by atoms with Crippen molar-refractivity contribution in [1.82, 2.24) is 0 Å². The smallest absolute Gasteiger partial charge is 0.139 e. The Hall–Kier alpha value is -0.660. The number of Topliss-reactive ketones (excluding diaryl/α,β-unsaturated/α-hetero) is 2. The van der Waals surface area contributed by atoms with Crippen molar-refractivity contribution in [2.45, 2.75) is 89.9 Å². The first-order valence-corrected chi connectivity index (χ1v) is 13.8. The average Bonchev–Trinajstić information content (AvgIpc) is 3.24. The number of ketones is 2. The average molecular weight is 409 g/mol. The van der Waals surface area contributed by atoms with Gasteiger partial charge in [-0.05, 0) is 105 Å². The van der Waals surface area contributed by atoms with Crippen LogP contribution in [0.3, 0.4) is 0 Å². The molecule has 0 aromatic heterocycles. The predicted octanol–water partition coefficient (Wildman–Crippen LogP) is 6.08. The zero-order valence-corrected chi connectivity index (χ0v) is 18.6. The molecular formula is C28H40O2. The maximum atomic E-state index is 14.0. The Labute approximate surface area is 182 Å². The molecule has 0 radical (unpaired) electrons. The van der Waals surface area contributed by atoms with Crippen LogP contribution >= 0.6 is 0 Å². The summed E-state index contributed by atoms with van der Waals surface area (Å²) in [6.07, 6.45) is 18.5. The molecule has 7 rings (SSSR count). The van der Waals surface area contributed by atoms with E-state index in [1.807, 2.05) is 0 Å². The van der Waals surface area contributed by atoms with Crippen LogP contribution in [0.4, 0.5) is 0 Å². The van der Waals surface area contributed by atoms with Crippen LogP contribution in [-0.2, 0) is 9.59 Å². The first-order chi connectivity index (χ1) is 14.7. The van der Waals surface area contributed by atoms with Gasteiger partial charge in [-0.1, -0.05) is 32.1 Å². The second-order valence-corrected chi connectivity index (χ2v) is 12.8. The highest BCUT2D eigenvalue weighted by Gasteiger charge is 2.63. The normalized spacial score (nSPS) is 56.9. The maximum absolute atomic E-state index is 14.0. The van der Waals surface area contributed by atoms with Crippen LogP contribution in [0.1, 0.15) is 89.9 Å². The number of hydrogen-bond donors (Lipinski definition) is 0. The van der Waals surface area contributed by atoms with E-state index in [1.165, 1.54) is 77.0 Å². The minimum atomic E-state index is 0.257. The van der Waals surface area contributed by atoms with Gasteiger partial charge in [-0.3, -0.25) is 9.59 Å². The Balaban J connectivity index is 1.19. The van der Waals surface area contributed by atoms with Crippen molar-refractivity contribution in [3.63, 3.8) is 0 Å². The Morgan fingerprint density at radius 2 is 1.13 bits per heavy atom. The molecule has 2 heteroatoms. The molecule has 0 N–H and O–H groups in total. The van der Waals surface area contributed by atoms with Gasteiger partial charge in [0.1, 0.15) is 11.6 Å². The van der Waals surface area contributed by atoms with Gasteiger partial charge in [-0.25, -0.2) is 0 Å². The third kappa shape index (κ3) is 2.49. The number of hydrogen-bond acceptors (Lipinski definition) is 2. The van der Waals surface area contributed by atoms with Crippen LogP contribution < -0.4 is 0 Å². The summed E-state index contributed by atoms with van der Waals surface area (Å²) in [7, 11) is 0. The van der Waals surface area contributed by atoms with Crippen LogP contribution in [-0.4, -0.2) is 11.6 Å². The van der Waals surface area contributed by atoms with Crippen LogP contribution in [0.2, 0.25) is 0 Å². The van der Waals surface area contributed by atoms with E-state index in [0.717, 1.165) is 36.5 Å². The molecule has 7 aliphatic rings. The molecule has 0 amide bonds.